The summed E-state index contributed by atoms with van der Waals surface area (Å²) in [5.74, 6) is -0.0965. The minimum absolute atomic E-state index is 0.125. The average molecular weight is 374 g/mol. The molecule has 2 amide bonds. The number of rotatable bonds is 5. The quantitative estimate of drug-likeness (QED) is 0.498. The molecule has 0 fully saturated rings. The number of imidazole rings is 1. The van der Waals surface area contributed by atoms with E-state index in [0.717, 1.165) is 16.6 Å². The predicted molar refractivity (Wildman–Crippen MR) is 105 cm³/mol. The molecular formula is C20H18N6O2. The first-order valence-corrected chi connectivity index (χ1v) is 8.73. The number of nitrogens with zero attached hydrogens (tertiary/aromatic N) is 3. The fourth-order valence-electron chi connectivity index (χ4n) is 2.90. The third-order valence-electron chi connectivity index (χ3n) is 4.34. The molecule has 0 bridgehead atoms. The van der Waals surface area contributed by atoms with E-state index < -0.39 is 0 Å². The van der Waals surface area contributed by atoms with Crippen molar-refractivity contribution in [2.75, 3.05) is 12.4 Å². The summed E-state index contributed by atoms with van der Waals surface area (Å²) in [6.45, 7) is 0. The number of H-pyrrole nitrogens is 1. The zero-order chi connectivity index (χ0) is 19.5. The van der Waals surface area contributed by atoms with E-state index in [1.54, 1.807) is 42.2 Å². The highest BCUT2D eigenvalue weighted by molar-refractivity contribution is 6.05. The fraction of sp³-hybridized carbons (Fsp3) is 0.100. The highest BCUT2D eigenvalue weighted by Crippen LogP contribution is 2.19. The zero-order valence-corrected chi connectivity index (χ0v) is 15.1. The molecule has 3 N–H and O–H groups in total. The van der Waals surface area contributed by atoms with Gasteiger partial charge >= 0.3 is 0 Å². The smallest absolute Gasteiger partial charge is 0.258 e. The molecule has 0 aliphatic rings. The molecule has 0 saturated heterocycles. The molecule has 0 saturated carbocycles. The molecule has 0 aliphatic heterocycles. The summed E-state index contributed by atoms with van der Waals surface area (Å²) in [4.78, 5) is 28.9. The molecule has 0 unspecified atom stereocenters. The number of amides is 2. The second kappa shape index (κ2) is 7.36. The van der Waals surface area contributed by atoms with Crippen molar-refractivity contribution in [3.63, 3.8) is 0 Å². The van der Waals surface area contributed by atoms with Gasteiger partial charge in [0.05, 0.1) is 23.8 Å². The van der Waals surface area contributed by atoms with Crippen LogP contribution in [0.1, 0.15) is 16.1 Å². The summed E-state index contributed by atoms with van der Waals surface area (Å²) in [7, 11) is 1.57. The number of para-hydroxylation sites is 1. The molecule has 2 heterocycles. The highest BCUT2D eigenvalue weighted by Gasteiger charge is 2.16. The van der Waals surface area contributed by atoms with Crippen LogP contribution in [-0.2, 0) is 11.2 Å². The van der Waals surface area contributed by atoms with Gasteiger partial charge in [-0.2, -0.15) is 5.10 Å². The van der Waals surface area contributed by atoms with Gasteiger partial charge in [-0.1, -0.05) is 18.2 Å². The van der Waals surface area contributed by atoms with Crippen molar-refractivity contribution in [1.29, 1.82) is 0 Å². The standard InChI is InChI=1S/C20H18N6O2/c1-21-18(27)10-15-12-26(16-5-3-2-4-6-16)20(23-15)24-19(28)13-7-8-17-14(9-13)11-22-25-17/h2-9,11-12H,10H2,1H3,(H,21,27)(H,22,25)(H,23,24,28). The van der Waals surface area contributed by atoms with Gasteiger partial charge in [0.1, 0.15) is 0 Å². The molecule has 4 aromatic rings. The SMILES string of the molecule is CNC(=O)Cc1cn(-c2ccccc2)c(NC(=O)c2ccc3[nH]ncc3c2)n1. The van der Waals surface area contributed by atoms with Gasteiger partial charge < -0.3 is 5.32 Å². The zero-order valence-electron chi connectivity index (χ0n) is 15.1. The molecule has 0 spiro atoms. The van der Waals surface area contributed by atoms with Crippen LogP contribution in [0.15, 0.2) is 60.9 Å². The number of hydrogen-bond acceptors (Lipinski definition) is 4. The van der Waals surface area contributed by atoms with E-state index >= 15 is 0 Å². The Morgan fingerprint density at radius 1 is 1.14 bits per heavy atom. The van der Waals surface area contributed by atoms with Crippen molar-refractivity contribution in [2.45, 2.75) is 6.42 Å². The molecular weight excluding hydrogens is 356 g/mol. The van der Waals surface area contributed by atoms with Crippen LogP contribution in [0, 0.1) is 0 Å². The van der Waals surface area contributed by atoms with Gasteiger partial charge in [0.25, 0.3) is 5.91 Å². The van der Waals surface area contributed by atoms with E-state index in [9.17, 15) is 9.59 Å². The van der Waals surface area contributed by atoms with Gasteiger partial charge in [0.2, 0.25) is 11.9 Å². The number of carbonyl (C=O) groups excluding carboxylic acids is 2. The number of hydrogen-bond donors (Lipinski definition) is 3. The third-order valence-corrected chi connectivity index (χ3v) is 4.34. The summed E-state index contributed by atoms with van der Waals surface area (Å²) in [5, 5.41) is 13.1. The van der Waals surface area contributed by atoms with Gasteiger partial charge in [-0.25, -0.2) is 4.98 Å². The first-order chi connectivity index (χ1) is 13.6. The van der Waals surface area contributed by atoms with Crippen molar-refractivity contribution in [3.05, 3.63) is 72.2 Å². The van der Waals surface area contributed by atoms with E-state index in [1.807, 2.05) is 30.3 Å². The largest absolute Gasteiger partial charge is 0.359 e. The molecule has 2 aromatic heterocycles. The van der Waals surface area contributed by atoms with Crippen LogP contribution in [0.2, 0.25) is 0 Å². The van der Waals surface area contributed by atoms with Crippen LogP contribution in [0.4, 0.5) is 5.95 Å². The lowest BCUT2D eigenvalue weighted by atomic mass is 10.1. The Morgan fingerprint density at radius 2 is 1.96 bits per heavy atom. The number of benzene rings is 2. The molecule has 140 valence electrons. The van der Waals surface area contributed by atoms with Crippen molar-refractivity contribution < 1.29 is 9.59 Å². The number of carbonyl (C=O) groups is 2. The van der Waals surface area contributed by atoms with Crippen LogP contribution in [0.3, 0.4) is 0 Å². The summed E-state index contributed by atoms with van der Waals surface area (Å²) >= 11 is 0. The van der Waals surface area contributed by atoms with Crippen LogP contribution in [0.25, 0.3) is 16.6 Å². The number of fused-ring (bicyclic) bond motifs is 1. The molecule has 2 aromatic carbocycles. The number of nitrogens with one attached hydrogen (secondary N) is 3. The number of anilines is 1. The van der Waals surface area contributed by atoms with E-state index in [0.29, 0.717) is 17.2 Å². The lowest BCUT2D eigenvalue weighted by Gasteiger charge is -2.09. The first-order valence-electron chi connectivity index (χ1n) is 8.73. The summed E-state index contributed by atoms with van der Waals surface area (Å²) in [5.41, 5.74) is 2.74. The van der Waals surface area contributed by atoms with Gasteiger partial charge in [-0.3, -0.25) is 24.6 Å². The normalized spacial score (nSPS) is 10.8. The van der Waals surface area contributed by atoms with Crippen molar-refractivity contribution in [1.82, 2.24) is 25.1 Å². The summed E-state index contributed by atoms with van der Waals surface area (Å²) in [6.07, 6.45) is 3.54. The fourth-order valence-corrected chi connectivity index (χ4v) is 2.90. The van der Waals surface area contributed by atoms with E-state index in [-0.39, 0.29) is 18.2 Å². The Labute approximate surface area is 160 Å². The monoisotopic (exact) mass is 374 g/mol. The number of aromatic nitrogens is 4. The first kappa shape index (κ1) is 17.5. The Balaban J connectivity index is 1.66. The number of likely N-dealkylation sites (N-methyl/N-ethyl adjacent to an activating group) is 1. The van der Waals surface area contributed by atoms with E-state index in [1.165, 1.54) is 0 Å². The van der Waals surface area contributed by atoms with Crippen molar-refractivity contribution >= 4 is 28.7 Å². The molecule has 0 radical (unpaired) electrons. The Hall–Kier alpha value is -3.94. The maximum atomic E-state index is 12.8. The Bertz CT molecular complexity index is 1150. The maximum absolute atomic E-state index is 12.8. The van der Waals surface area contributed by atoms with Gasteiger partial charge in [0.15, 0.2) is 0 Å². The summed E-state index contributed by atoms with van der Waals surface area (Å²) < 4.78 is 1.76. The minimum atomic E-state index is -0.294. The van der Waals surface area contributed by atoms with Gasteiger partial charge in [0, 0.05) is 29.9 Å². The Morgan fingerprint density at radius 3 is 2.75 bits per heavy atom. The number of aromatic amines is 1. The topological polar surface area (TPSA) is 105 Å². The minimum Gasteiger partial charge on any atom is -0.359 e. The molecule has 8 nitrogen and oxygen atoms in total. The third kappa shape index (κ3) is 3.48. The molecule has 8 heteroatoms. The van der Waals surface area contributed by atoms with Gasteiger partial charge in [-0.05, 0) is 30.3 Å². The van der Waals surface area contributed by atoms with Crippen LogP contribution in [-0.4, -0.2) is 38.6 Å². The lowest BCUT2D eigenvalue weighted by molar-refractivity contribution is -0.120. The highest BCUT2D eigenvalue weighted by atomic mass is 16.2. The van der Waals surface area contributed by atoms with Crippen molar-refractivity contribution in [3.8, 4) is 5.69 Å². The van der Waals surface area contributed by atoms with Crippen molar-refractivity contribution in [2.24, 2.45) is 0 Å². The average Bonchev–Trinajstić information content (AvgIpc) is 3.34. The molecule has 0 aliphatic carbocycles. The maximum Gasteiger partial charge on any atom is 0.258 e. The second-order valence-corrected chi connectivity index (χ2v) is 6.24. The second-order valence-electron chi connectivity index (χ2n) is 6.24. The summed E-state index contributed by atoms with van der Waals surface area (Å²) in [6, 6.07) is 14.8. The lowest BCUT2D eigenvalue weighted by Crippen LogP contribution is -2.20. The van der Waals surface area contributed by atoms with Gasteiger partial charge in [-0.15, -0.1) is 0 Å². The molecule has 0 atom stereocenters. The van der Waals surface area contributed by atoms with Crippen LogP contribution < -0.4 is 10.6 Å². The van der Waals surface area contributed by atoms with Crippen LogP contribution in [0.5, 0.6) is 0 Å². The Kier molecular flexibility index (Phi) is 4.59. The predicted octanol–water partition coefficient (Wildman–Crippen LogP) is 2.29. The molecule has 28 heavy (non-hydrogen) atoms. The molecule has 4 rings (SSSR count). The van der Waals surface area contributed by atoms with E-state index in [4.69, 9.17) is 0 Å². The van der Waals surface area contributed by atoms with Crippen LogP contribution >= 0.6 is 0 Å². The van der Waals surface area contributed by atoms with E-state index in [2.05, 4.69) is 25.8 Å².